The van der Waals surface area contributed by atoms with E-state index in [1.165, 1.54) is 12.1 Å². The van der Waals surface area contributed by atoms with Gasteiger partial charge in [-0.05, 0) is 24.6 Å². The van der Waals surface area contributed by atoms with Gasteiger partial charge in [0.25, 0.3) is 0 Å². The number of carbonyl (C=O) groups is 1. The molecule has 0 radical (unpaired) electrons. The zero-order valence-corrected chi connectivity index (χ0v) is 7.88. The van der Waals surface area contributed by atoms with Crippen LogP contribution < -0.4 is 0 Å². The maximum atomic E-state index is 12.8. The molecule has 0 aromatic heterocycles. The third-order valence-electron chi connectivity index (χ3n) is 2.21. The van der Waals surface area contributed by atoms with Gasteiger partial charge in [-0.3, -0.25) is 4.79 Å². The first-order chi connectivity index (χ1) is 6.72. The molecule has 1 aromatic carbocycles. The number of ketones is 1. The van der Waals surface area contributed by atoms with Crippen LogP contribution in [-0.4, -0.2) is 11.5 Å². The first kappa shape index (κ1) is 9.06. The van der Waals surface area contributed by atoms with Crippen molar-refractivity contribution in [1.29, 1.82) is 0 Å². The number of rotatable bonds is 2. The van der Waals surface area contributed by atoms with Gasteiger partial charge < -0.3 is 0 Å². The van der Waals surface area contributed by atoms with Gasteiger partial charge in [-0.15, -0.1) is 0 Å². The molecule has 1 aliphatic heterocycles. The van der Waals surface area contributed by atoms with E-state index in [4.69, 9.17) is 0 Å². The minimum atomic E-state index is -0.384. The van der Waals surface area contributed by atoms with Crippen LogP contribution in [0.3, 0.4) is 0 Å². The highest BCUT2D eigenvalue weighted by Crippen LogP contribution is 2.28. The van der Waals surface area contributed by atoms with E-state index in [0.717, 1.165) is 6.42 Å². The predicted octanol–water partition coefficient (Wildman–Crippen LogP) is 2.89. The summed E-state index contributed by atoms with van der Waals surface area (Å²) in [6.07, 6.45) is 1.54. The second kappa shape index (κ2) is 3.33. The fraction of sp³-hybridized carbons (Fsp3) is 0.273. The summed E-state index contributed by atoms with van der Waals surface area (Å²) in [5.41, 5.74) is 1.54. The van der Waals surface area contributed by atoms with Crippen LogP contribution in [0.4, 0.5) is 10.1 Å². The number of Topliss-reactive ketones (excluding diaryl/α,β-unsaturated/α-hetero) is 1. The van der Waals surface area contributed by atoms with E-state index in [1.807, 2.05) is 6.92 Å². The van der Waals surface area contributed by atoms with E-state index in [9.17, 15) is 9.18 Å². The zero-order valence-electron chi connectivity index (χ0n) is 7.88. The fourth-order valence-corrected chi connectivity index (χ4v) is 1.55. The molecule has 0 amide bonds. The molecule has 0 spiro atoms. The molecule has 0 bridgehead atoms. The molecule has 2 nitrogen and oxygen atoms in total. The molecule has 14 heavy (non-hydrogen) atoms. The van der Waals surface area contributed by atoms with Crippen LogP contribution in [0.2, 0.25) is 0 Å². The Bertz CT molecular complexity index is 423. The average Bonchev–Trinajstić information content (AvgIpc) is 2.46. The van der Waals surface area contributed by atoms with Crippen molar-refractivity contribution in [3.63, 3.8) is 0 Å². The maximum absolute atomic E-state index is 12.8. The molecule has 72 valence electrons. The molecule has 0 aliphatic carbocycles. The quantitative estimate of drug-likeness (QED) is 0.706. The summed E-state index contributed by atoms with van der Waals surface area (Å²) in [7, 11) is 0. The second-order valence-electron chi connectivity index (χ2n) is 3.30. The molecule has 0 N–H and O–H groups in total. The second-order valence-corrected chi connectivity index (χ2v) is 3.30. The van der Waals surface area contributed by atoms with Gasteiger partial charge in [-0.25, -0.2) is 9.38 Å². The van der Waals surface area contributed by atoms with Crippen LogP contribution in [-0.2, 0) is 0 Å². The number of fused-ring (bicyclic) bond motifs is 1. The van der Waals surface area contributed by atoms with Crippen LogP contribution in [0.15, 0.2) is 23.2 Å². The number of benzene rings is 1. The summed E-state index contributed by atoms with van der Waals surface area (Å²) in [5.74, 6) is -0.508. The van der Waals surface area contributed by atoms with Crippen LogP contribution in [0.5, 0.6) is 0 Å². The van der Waals surface area contributed by atoms with Crippen molar-refractivity contribution >= 4 is 17.2 Å². The molecule has 1 aromatic rings. The molecule has 0 saturated carbocycles. The Kier molecular flexibility index (Phi) is 2.15. The Morgan fingerprint density at radius 1 is 1.43 bits per heavy atom. The molecule has 0 atom stereocenters. The van der Waals surface area contributed by atoms with Crippen molar-refractivity contribution in [3.05, 3.63) is 29.6 Å². The smallest absolute Gasteiger partial charge is 0.209 e. The van der Waals surface area contributed by atoms with Crippen molar-refractivity contribution in [2.75, 3.05) is 0 Å². The third kappa shape index (κ3) is 1.35. The lowest BCUT2D eigenvalue weighted by Gasteiger charge is -1.95. The topological polar surface area (TPSA) is 29.4 Å². The summed E-state index contributed by atoms with van der Waals surface area (Å²) in [4.78, 5) is 15.8. The minimum Gasteiger partial charge on any atom is -0.287 e. The summed E-state index contributed by atoms with van der Waals surface area (Å²) in [6.45, 7) is 1.99. The largest absolute Gasteiger partial charge is 0.287 e. The van der Waals surface area contributed by atoms with Crippen molar-refractivity contribution in [3.8, 4) is 0 Å². The number of halogens is 1. The lowest BCUT2D eigenvalue weighted by atomic mass is 10.1. The van der Waals surface area contributed by atoms with Crippen LogP contribution in [0, 0.1) is 5.82 Å². The lowest BCUT2D eigenvalue weighted by Crippen LogP contribution is -2.08. The number of hydrogen-bond acceptors (Lipinski definition) is 2. The van der Waals surface area contributed by atoms with Crippen molar-refractivity contribution in [2.45, 2.75) is 19.8 Å². The average molecular weight is 191 g/mol. The Balaban J connectivity index is 2.41. The molecule has 0 saturated heterocycles. The summed E-state index contributed by atoms with van der Waals surface area (Å²) in [6, 6.07) is 4.12. The molecule has 0 unspecified atom stereocenters. The highest BCUT2D eigenvalue weighted by atomic mass is 19.1. The zero-order chi connectivity index (χ0) is 10.1. The fourth-order valence-electron chi connectivity index (χ4n) is 1.55. The third-order valence-corrected chi connectivity index (χ3v) is 2.21. The van der Waals surface area contributed by atoms with Gasteiger partial charge in [0, 0.05) is 0 Å². The van der Waals surface area contributed by atoms with E-state index < -0.39 is 0 Å². The van der Waals surface area contributed by atoms with Crippen LogP contribution in [0.1, 0.15) is 30.1 Å². The standard InChI is InChI=1S/C11H10FNO/c1-2-3-10-11(14)8-6-7(12)4-5-9(8)13-10/h4-6H,2-3H2,1H3. The van der Waals surface area contributed by atoms with Crippen LogP contribution in [0.25, 0.3) is 0 Å². The molecule has 2 rings (SSSR count). The molecule has 3 heteroatoms. The Morgan fingerprint density at radius 2 is 2.21 bits per heavy atom. The SMILES string of the molecule is CCCC1=Nc2ccc(F)cc2C1=O. The Morgan fingerprint density at radius 3 is 2.93 bits per heavy atom. The van der Waals surface area contributed by atoms with E-state index in [2.05, 4.69) is 4.99 Å². The highest BCUT2D eigenvalue weighted by molar-refractivity contribution is 6.49. The first-order valence-electron chi connectivity index (χ1n) is 4.64. The number of aliphatic imine (C=N–C) groups is 1. The molecular weight excluding hydrogens is 181 g/mol. The summed E-state index contributed by atoms with van der Waals surface area (Å²) in [5, 5.41) is 0. The number of nitrogens with zero attached hydrogens (tertiary/aromatic N) is 1. The van der Waals surface area contributed by atoms with E-state index >= 15 is 0 Å². The van der Waals surface area contributed by atoms with Gasteiger partial charge >= 0.3 is 0 Å². The highest BCUT2D eigenvalue weighted by Gasteiger charge is 2.23. The molecule has 1 heterocycles. The monoisotopic (exact) mass is 191 g/mol. The molecule has 0 fully saturated rings. The normalized spacial score (nSPS) is 14.1. The van der Waals surface area contributed by atoms with Gasteiger partial charge in [0.05, 0.1) is 17.0 Å². The van der Waals surface area contributed by atoms with Gasteiger partial charge in [-0.2, -0.15) is 0 Å². The van der Waals surface area contributed by atoms with Gasteiger partial charge in [0.1, 0.15) is 5.82 Å². The van der Waals surface area contributed by atoms with Gasteiger partial charge in [0.15, 0.2) is 0 Å². The molecular formula is C11H10FNO. The Hall–Kier alpha value is -1.51. The van der Waals surface area contributed by atoms with Gasteiger partial charge in [-0.1, -0.05) is 13.3 Å². The first-order valence-corrected chi connectivity index (χ1v) is 4.64. The van der Waals surface area contributed by atoms with Crippen molar-refractivity contribution in [1.82, 2.24) is 0 Å². The number of hydrogen-bond donors (Lipinski definition) is 0. The lowest BCUT2D eigenvalue weighted by molar-refractivity contribution is 0.106. The van der Waals surface area contributed by atoms with Gasteiger partial charge in [0.2, 0.25) is 5.78 Å². The van der Waals surface area contributed by atoms with E-state index in [0.29, 0.717) is 23.4 Å². The van der Waals surface area contributed by atoms with Crippen molar-refractivity contribution in [2.24, 2.45) is 4.99 Å². The van der Waals surface area contributed by atoms with Crippen LogP contribution >= 0.6 is 0 Å². The molecule has 1 aliphatic rings. The maximum Gasteiger partial charge on any atom is 0.209 e. The predicted molar refractivity (Wildman–Crippen MR) is 52.7 cm³/mol. The van der Waals surface area contributed by atoms with E-state index in [1.54, 1.807) is 6.07 Å². The number of carbonyl (C=O) groups excluding carboxylic acids is 1. The summed E-state index contributed by atoms with van der Waals surface area (Å²) < 4.78 is 12.8. The Labute approximate surface area is 81.5 Å². The van der Waals surface area contributed by atoms with E-state index in [-0.39, 0.29) is 11.6 Å². The summed E-state index contributed by atoms with van der Waals surface area (Å²) >= 11 is 0. The minimum absolute atomic E-state index is 0.124. The van der Waals surface area contributed by atoms with Crippen molar-refractivity contribution < 1.29 is 9.18 Å².